The van der Waals surface area contributed by atoms with Gasteiger partial charge in [-0.25, -0.2) is 0 Å². The summed E-state index contributed by atoms with van der Waals surface area (Å²) in [5.41, 5.74) is -4.78. The van der Waals surface area contributed by atoms with Crippen LogP contribution in [0.4, 0.5) is 0 Å². The number of carboxylic acids is 1. The summed E-state index contributed by atoms with van der Waals surface area (Å²) in [6.07, 6.45) is -40.7. The maximum Gasteiger partial charge on any atom is 0.317 e. The largest absolute Gasteiger partial charge is 0.481 e. The van der Waals surface area contributed by atoms with Crippen molar-refractivity contribution < 1.29 is 149 Å². The molecule has 18 N–H and O–H groups in total. The van der Waals surface area contributed by atoms with Gasteiger partial charge in [0.25, 0.3) is 0 Å². The minimum atomic E-state index is -2.18. The number of carbonyl (C=O) groups excluding carboxylic acids is 1. The highest BCUT2D eigenvalue weighted by Gasteiger charge is 2.73. The third-order valence-electron chi connectivity index (χ3n) is 23.3. The Hall–Kier alpha value is -2.36. The molecule has 510 valence electrons. The standard InChI is InChI=1S/C59H94O30/c1-54(2)13-14-59(23(15-54)22-7-8-29-55(3)11-10-32(87-49-41(72)33(64)24(62)19-80-49)58(6,52(77)78)30(55)9-12-56(29,4)57(22,5)16-31(59)63)53(79)89-51-45(76)46(88-50-44(75)39(70)35(66)26(18-61)84-50)37(68)28(86-51)21-82-48-43(74)40(71)36(67)27(85-48)20-81-47-42(73)38(69)34(65)25(17-60)83-47/h7,23-51,60-76H,8-21H2,1-6H3,(H,77,78)/t23-,24+,25+,26+,27+,28+,29?,30?,31+,32-,33-,34-,35+,36+,37+,38-,39-,40-,41+,42+,43+,44+,45+,46-,47+,48+,49-,50-,51-,55+,56+,57+,58-,59+/m0/s1. The number of aliphatic carboxylic acids is 1. The zero-order valence-electron chi connectivity index (χ0n) is 50.7. The second-order valence-electron chi connectivity index (χ2n) is 28.6. The molecule has 5 saturated heterocycles. The number of aliphatic hydroxyl groups excluding tert-OH is 17. The van der Waals surface area contributed by atoms with Gasteiger partial charge in [0, 0.05) is 0 Å². The van der Waals surface area contributed by atoms with Crippen LogP contribution < -0.4 is 0 Å². The molecular formula is C59H94O30. The number of carbonyl (C=O) groups is 2. The van der Waals surface area contributed by atoms with Crippen LogP contribution >= 0.6 is 0 Å². The Balaban J connectivity index is 0.915. The summed E-state index contributed by atoms with van der Waals surface area (Å²) in [6, 6.07) is 0. The fourth-order valence-electron chi connectivity index (χ4n) is 17.6. The van der Waals surface area contributed by atoms with E-state index >= 15 is 4.79 Å². The number of carboxylic acid groups (broad SMARTS) is 1. The molecule has 0 amide bonds. The first-order valence-corrected chi connectivity index (χ1v) is 31.0. The Labute approximate surface area is 513 Å². The average Bonchev–Trinajstić information content (AvgIpc) is 0.673. The number of fused-ring (bicyclic) bond motifs is 7. The number of aliphatic hydroxyl groups is 17. The van der Waals surface area contributed by atoms with Crippen LogP contribution in [0.25, 0.3) is 0 Å². The molecule has 0 bridgehead atoms. The predicted octanol–water partition coefficient (Wildman–Crippen LogP) is -5.54. The van der Waals surface area contributed by atoms with E-state index in [1.54, 1.807) is 6.92 Å². The van der Waals surface area contributed by atoms with Gasteiger partial charge in [-0.3, -0.25) is 9.59 Å². The maximum atomic E-state index is 15.7. The van der Waals surface area contributed by atoms with E-state index in [0.29, 0.717) is 38.5 Å². The molecule has 0 radical (unpaired) electrons. The van der Waals surface area contributed by atoms with E-state index in [1.165, 1.54) is 0 Å². The highest BCUT2D eigenvalue weighted by atomic mass is 16.8. The normalized spacial score (nSPS) is 54.1. The number of ether oxygens (including phenoxy) is 10. The zero-order valence-corrected chi connectivity index (χ0v) is 50.7. The third-order valence-corrected chi connectivity index (χ3v) is 23.3. The van der Waals surface area contributed by atoms with Crippen molar-refractivity contribution in [1.82, 2.24) is 0 Å². The summed E-state index contributed by atoms with van der Waals surface area (Å²) in [7, 11) is 0. The first kappa shape index (κ1) is 69.5. The minimum Gasteiger partial charge on any atom is -0.481 e. The highest BCUT2D eigenvalue weighted by Crippen LogP contribution is 2.76. The van der Waals surface area contributed by atoms with E-state index in [0.717, 1.165) is 5.57 Å². The second-order valence-corrected chi connectivity index (χ2v) is 28.6. The molecule has 0 aromatic heterocycles. The molecule has 5 aliphatic carbocycles. The molecule has 34 atom stereocenters. The lowest BCUT2D eigenvalue weighted by molar-refractivity contribution is -0.365. The van der Waals surface area contributed by atoms with Crippen LogP contribution in [0.3, 0.4) is 0 Å². The molecule has 9 fully saturated rings. The fourth-order valence-corrected chi connectivity index (χ4v) is 17.6. The van der Waals surface area contributed by atoms with Gasteiger partial charge in [-0.2, -0.15) is 0 Å². The molecule has 10 aliphatic rings. The van der Waals surface area contributed by atoms with E-state index in [2.05, 4.69) is 40.7 Å². The van der Waals surface area contributed by atoms with E-state index in [1.807, 2.05) is 0 Å². The molecule has 10 rings (SSSR count). The Morgan fingerprint density at radius 1 is 0.539 bits per heavy atom. The van der Waals surface area contributed by atoms with E-state index in [4.69, 9.17) is 47.4 Å². The van der Waals surface area contributed by atoms with Crippen molar-refractivity contribution in [3.63, 3.8) is 0 Å². The van der Waals surface area contributed by atoms with Crippen LogP contribution in [0.15, 0.2) is 11.6 Å². The quantitative estimate of drug-likeness (QED) is 0.0413. The Kier molecular flexibility index (Phi) is 20.0. The molecule has 0 spiro atoms. The molecule has 0 aromatic carbocycles. The van der Waals surface area contributed by atoms with Crippen molar-refractivity contribution in [3.8, 4) is 0 Å². The smallest absolute Gasteiger partial charge is 0.317 e. The molecule has 2 unspecified atom stereocenters. The highest BCUT2D eigenvalue weighted by molar-refractivity contribution is 5.80. The first-order chi connectivity index (χ1) is 41.7. The summed E-state index contributed by atoms with van der Waals surface area (Å²) in [6.45, 7) is 8.51. The summed E-state index contributed by atoms with van der Waals surface area (Å²) >= 11 is 0. The molecule has 89 heavy (non-hydrogen) atoms. The summed E-state index contributed by atoms with van der Waals surface area (Å²) in [5.74, 6) is -3.44. The predicted molar refractivity (Wildman–Crippen MR) is 293 cm³/mol. The van der Waals surface area contributed by atoms with Crippen LogP contribution in [0.1, 0.15) is 99.3 Å². The maximum absolute atomic E-state index is 15.7. The van der Waals surface area contributed by atoms with Crippen molar-refractivity contribution in [2.75, 3.05) is 33.0 Å². The number of esters is 1. The minimum absolute atomic E-state index is 0.0382. The van der Waals surface area contributed by atoms with Crippen LogP contribution in [0, 0.1) is 50.2 Å². The van der Waals surface area contributed by atoms with Gasteiger partial charge in [-0.15, -0.1) is 0 Å². The monoisotopic (exact) mass is 1280 g/mol. The molecule has 30 heteroatoms. The Morgan fingerprint density at radius 2 is 1.07 bits per heavy atom. The molecule has 5 heterocycles. The summed E-state index contributed by atoms with van der Waals surface area (Å²) < 4.78 is 58.3. The van der Waals surface area contributed by atoms with E-state index in [9.17, 15) is 96.7 Å². The first-order valence-electron chi connectivity index (χ1n) is 31.0. The van der Waals surface area contributed by atoms with Gasteiger partial charge in [0.1, 0.15) is 121 Å². The SMILES string of the molecule is CC1(C)CC[C@]2(C(=O)O[C@@H]3O[C@H](CO[C@@H]4O[C@H](CO[C@@H]5O[C@H](CO)[C@H](O)[C@H](O)[C@H]5O)[C@@H](O)[C@H](O)[C@H]4O)[C@@H](O)[C@H](O[C@@H]4O[C@H](CO)[C@@H](O)[C@H](O)[C@H]4O)[C@H]3O)[C@H](O)C[C@]3(C)C(=CCC4[C@@]5(C)CC[C@H](O[C@@H]6OC[C@@H](O)[C@H](O)[C@H]6O)[C@@](C)(C(=O)O)C5CC[C@]43C)[C@@H]2C1. The van der Waals surface area contributed by atoms with Crippen molar-refractivity contribution >= 4 is 11.9 Å². The van der Waals surface area contributed by atoms with Crippen molar-refractivity contribution in [1.29, 1.82) is 0 Å². The van der Waals surface area contributed by atoms with Gasteiger partial charge in [0.2, 0.25) is 6.29 Å². The lowest BCUT2D eigenvalue weighted by atomic mass is 9.33. The van der Waals surface area contributed by atoms with Gasteiger partial charge in [-0.05, 0) is 104 Å². The van der Waals surface area contributed by atoms with Gasteiger partial charge in [0.15, 0.2) is 25.2 Å². The van der Waals surface area contributed by atoms with Crippen molar-refractivity contribution in [2.24, 2.45) is 50.2 Å². The van der Waals surface area contributed by atoms with Crippen LogP contribution in [0.5, 0.6) is 0 Å². The summed E-state index contributed by atoms with van der Waals surface area (Å²) in [5, 5.41) is 196. The molecule has 30 nitrogen and oxygen atoms in total. The lowest BCUT2D eigenvalue weighted by Gasteiger charge is -2.71. The average molecular weight is 1280 g/mol. The lowest BCUT2D eigenvalue weighted by Crippen LogP contribution is -2.69. The number of hydrogen-bond acceptors (Lipinski definition) is 29. The Bertz CT molecular complexity index is 2530. The van der Waals surface area contributed by atoms with Gasteiger partial charge in [-0.1, -0.05) is 46.3 Å². The van der Waals surface area contributed by atoms with Crippen LogP contribution in [-0.2, 0) is 57.0 Å². The van der Waals surface area contributed by atoms with Gasteiger partial charge >= 0.3 is 11.9 Å². The molecule has 4 saturated carbocycles. The van der Waals surface area contributed by atoms with Crippen LogP contribution in [-0.4, -0.2) is 297 Å². The zero-order chi connectivity index (χ0) is 65.2. The fraction of sp³-hybridized carbons (Fsp3) is 0.932. The third kappa shape index (κ3) is 11.6. The van der Waals surface area contributed by atoms with Crippen LogP contribution in [0.2, 0.25) is 0 Å². The van der Waals surface area contributed by atoms with E-state index in [-0.39, 0.29) is 31.8 Å². The number of allylic oxidation sites excluding steroid dienone is 2. The number of rotatable bonds is 15. The topological polar surface area (TPSA) is 491 Å². The molecule has 5 aliphatic heterocycles. The van der Waals surface area contributed by atoms with Crippen molar-refractivity contribution in [2.45, 2.75) is 259 Å². The van der Waals surface area contributed by atoms with Gasteiger partial charge < -0.3 is 139 Å². The number of hydrogen-bond donors (Lipinski definition) is 18. The Morgan fingerprint density at radius 3 is 1.65 bits per heavy atom. The molecule has 0 aromatic rings. The van der Waals surface area contributed by atoms with Crippen molar-refractivity contribution in [3.05, 3.63) is 11.6 Å². The van der Waals surface area contributed by atoms with E-state index < -0.39 is 242 Å². The molecular weight excluding hydrogens is 1190 g/mol. The van der Waals surface area contributed by atoms with Gasteiger partial charge in [0.05, 0.1) is 50.7 Å². The second kappa shape index (κ2) is 25.7. The summed E-state index contributed by atoms with van der Waals surface area (Å²) in [4.78, 5) is 29.4.